The first kappa shape index (κ1) is 21.6. The molecule has 0 radical (unpaired) electrons. The van der Waals surface area contributed by atoms with Crippen LogP contribution in [0.25, 0.3) is 0 Å². The van der Waals surface area contributed by atoms with Gasteiger partial charge in [0.05, 0.1) is 17.5 Å². The number of halogens is 2. The minimum absolute atomic E-state index is 0. The van der Waals surface area contributed by atoms with Crippen molar-refractivity contribution in [2.24, 2.45) is 5.73 Å². The fourth-order valence-corrected chi connectivity index (χ4v) is 2.42. The van der Waals surface area contributed by atoms with Crippen molar-refractivity contribution >= 4 is 34.0 Å². The Labute approximate surface area is 142 Å². The van der Waals surface area contributed by atoms with E-state index >= 15 is 0 Å². The summed E-state index contributed by atoms with van der Waals surface area (Å²) in [6, 6.07) is 3.27. The number of nitrogens with two attached hydrogens (primary N) is 1. The number of hydrogen-bond acceptors (Lipinski definition) is 4. The SMILES string of the molecule is CCC(N)(CC)CNC(=O)c1cc(F)ccc1NS(C)(=O)=O.Cl. The van der Waals surface area contributed by atoms with Crippen LogP contribution in [0, 0.1) is 5.82 Å². The van der Waals surface area contributed by atoms with E-state index in [0.29, 0.717) is 12.8 Å². The maximum atomic E-state index is 13.4. The Morgan fingerprint density at radius 3 is 2.35 bits per heavy atom. The Morgan fingerprint density at radius 1 is 1.30 bits per heavy atom. The molecule has 0 aromatic heterocycles. The van der Waals surface area contributed by atoms with Crippen molar-refractivity contribution in [1.82, 2.24) is 5.32 Å². The number of sulfonamides is 1. The van der Waals surface area contributed by atoms with Crippen LogP contribution in [0.3, 0.4) is 0 Å². The Hall–Kier alpha value is -1.38. The van der Waals surface area contributed by atoms with E-state index in [1.807, 2.05) is 13.8 Å². The molecule has 4 N–H and O–H groups in total. The van der Waals surface area contributed by atoms with E-state index in [1.165, 1.54) is 6.07 Å². The average Bonchev–Trinajstić information content (AvgIpc) is 2.45. The molecule has 1 aromatic rings. The number of rotatable bonds is 7. The third-order valence-corrected chi connectivity index (χ3v) is 4.12. The molecule has 0 aliphatic rings. The highest BCUT2D eigenvalue weighted by Gasteiger charge is 2.22. The van der Waals surface area contributed by atoms with E-state index in [1.54, 1.807) is 0 Å². The molecular formula is C14H23ClFN3O3S. The van der Waals surface area contributed by atoms with Crippen molar-refractivity contribution in [3.8, 4) is 0 Å². The zero-order valence-corrected chi connectivity index (χ0v) is 15.0. The molecule has 1 aromatic carbocycles. The lowest BCUT2D eigenvalue weighted by Crippen LogP contribution is -2.49. The summed E-state index contributed by atoms with van der Waals surface area (Å²) in [7, 11) is -3.58. The Bertz CT molecular complexity index is 649. The molecule has 132 valence electrons. The monoisotopic (exact) mass is 367 g/mol. The van der Waals surface area contributed by atoms with Gasteiger partial charge in [-0.25, -0.2) is 12.8 Å². The number of anilines is 1. The van der Waals surface area contributed by atoms with Crippen LogP contribution in [-0.2, 0) is 10.0 Å². The van der Waals surface area contributed by atoms with Gasteiger partial charge in [-0.3, -0.25) is 9.52 Å². The fraction of sp³-hybridized carbons (Fsp3) is 0.500. The number of carbonyl (C=O) groups is 1. The zero-order valence-electron chi connectivity index (χ0n) is 13.3. The number of hydrogen-bond donors (Lipinski definition) is 3. The van der Waals surface area contributed by atoms with Crippen LogP contribution >= 0.6 is 12.4 Å². The van der Waals surface area contributed by atoms with Crippen LogP contribution in [0.2, 0.25) is 0 Å². The molecule has 0 bridgehead atoms. The molecule has 1 amide bonds. The average molecular weight is 368 g/mol. The molecule has 0 aliphatic heterocycles. The van der Waals surface area contributed by atoms with Crippen LogP contribution < -0.4 is 15.8 Å². The second-order valence-corrected chi connectivity index (χ2v) is 7.06. The van der Waals surface area contributed by atoms with Crippen molar-refractivity contribution in [3.05, 3.63) is 29.6 Å². The third-order valence-electron chi connectivity index (χ3n) is 3.53. The van der Waals surface area contributed by atoms with Crippen LogP contribution in [0.4, 0.5) is 10.1 Å². The van der Waals surface area contributed by atoms with Gasteiger partial charge >= 0.3 is 0 Å². The molecule has 0 aliphatic carbocycles. The highest BCUT2D eigenvalue weighted by molar-refractivity contribution is 7.92. The summed E-state index contributed by atoms with van der Waals surface area (Å²) in [4.78, 5) is 12.2. The van der Waals surface area contributed by atoms with E-state index in [9.17, 15) is 17.6 Å². The van der Waals surface area contributed by atoms with Gasteiger partial charge in [0.1, 0.15) is 5.82 Å². The smallest absolute Gasteiger partial charge is 0.253 e. The summed E-state index contributed by atoms with van der Waals surface area (Å²) in [6.45, 7) is 4.04. The number of benzene rings is 1. The van der Waals surface area contributed by atoms with Crippen molar-refractivity contribution in [2.75, 3.05) is 17.5 Å². The Morgan fingerprint density at radius 2 is 1.87 bits per heavy atom. The van der Waals surface area contributed by atoms with Gasteiger partial charge in [0.25, 0.3) is 5.91 Å². The lowest BCUT2D eigenvalue weighted by Gasteiger charge is -2.27. The van der Waals surface area contributed by atoms with Gasteiger partial charge in [-0.05, 0) is 31.0 Å². The van der Waals surface area contributed by atoms with Gasteiger partial charge < -0.3 is 11.1 Å². The summed E-state index contributed by atoms with van der Waals surface area (Å²) in [5.74, 6) is -1.21. The van der Waals surface area contributed by atoms with Crippen molar-refractivity contribution in [1.29, 1.82) is 0 Å². The van der Waals surface area contributed by atoms with E-state index in [0.717, 1.165) is 18.4 Å². The maximum absolute atomic E-state index is 13.4. The van der Waals surface area contributed by atoms with Gasteiger partial charge in [0, 0.05) is 12.1 Å². The minimum atomic E-state index is -3.58. The van der Waals surface area contributed by atoms with E-state index in [-0.39, 0.29) is 30.2 Å². The maximum Gasteiger partial charge on any atom is 0.253 e. The van der Waals surface area contributed by atoms with E-state index < -0.39 is 27.3 Å². The molecule has 0 unspecified atom stereocenters. The van der Waals surface area contributed by atoms with Gasteiger partial charge in [0.15, 0.2) is 0 Å². The lowest BCUT2D eigenvalue weighted by molar-refractivity contribution is 0.0942. The number of nitrogens with one attached hydrogen (secondary N) is 2. The molecule has 23 heavy (non-hydrogen) atoms. The summed E-state index contributed by atoms with van der Waals surface area (Å²) in [6.07, 6.45) is 2.29. The second-order valence-electron chi connectivity index (χ2n) is 5.32. The standard InChI is InChI=1S/C14H22FN3O3S.ClH/c1-4-14(16,5-2)9-17-13(19)11-8-10(15)6-7-12(11)18-22(3,20)21;/h6-8,18H,4-5,9,16H2,1-3H3,(H,17,19);1H. The quantitative estimate of drug-likeness (QED) is 0.684. The van der Waals surface area contributed by atoms with Crippen LogP contribution in [0.15, 0.2) is 18.2 Å². The lowest BCUT2D eigenvalue weighted by atomic mass is 9.94. The molecule has 9 heteroatoms. The first-order valence-electron chi connectivity index (χ1n) is 6.94. The Balaban J connectivity index is 0.00000484. The largest absolute Gasteiger partial charge is 0.350 e. The van der Waals surface area contributed by atoms with Crippen molar-refractivity contribution in [3.63, 3.8) is 0 Å². The predicted octanol–water partition coefficient (Wildman–Crippen LogP) is 1.87. The second kappa shape index (κ2) is 8.47. The summed E-state index contributed by atoms with van der Waals surface area (Å²) >= 11 is 0. The molecule has 0 spiro atoms. The first-order valence-corrected chi connectivity index (χ1v) is 8.84. The van der Waals surface area contributed by atoms with E-state index in [4.69, 9.17) is 5.73 Å². The highest BCUT2D eigenvalue weighted by atomic mass is 35.5. The molecule has 1 rings (SSSR count). The zero-order chi connectivity index (χ0) is 17.0. The minimum Gasteiger partial charge on any atom is -0.350 e. The van der Waals surface area contributed by atoms with E-state index in [2.05, 4.69) is 10.0 Å². The van der Waals surface area contributed by atoms with Crippen molar-refractivity contribution < 1.29 is 17.6 Å². The first-order chi connectivity index (χ1) is 10.1. The third kappa shape index (κ3) is 6.72. The Kier molecular flexibility index (Phi) is 7.96. The molecule has 0 saturated carbocycles. The normalized spacial score (nSPS) is 11.5. The molecule has 0 fully saturated rings. The number of amides is 1. The molecular weight excluding hydrogens is 345 g/mol. The van der Waals surface area contributed by atoms with Crippen LogP contribution in [0.1, 0.15) is 37.0 Å². The van der Waals surface area contributed by atoms with Gasteiger partial charge in [-0.15, -0.1) is 12.4 Å². The predicted molar refractivity (Wildman–Crippen MR) is 91.9 cm³/mol. The van der Waals surface area contributed by atoms with Crippen LogP contribution in [0.5, 0.6) is 0 Å². The molecule has 0 atom stereocenters. The van der Waals surface area contributed by atoms with Gasteiger partial charge in [-0.1, -0.05) is 13.8 Å². The van der Waals surface area contributed by atoms with Crippen LogP contribution in [-0.4, -0.2) is 32.7 Å². The van der Waals surface area contributed by atoms with Crippen molar-refractivity contribution in [2.45, 2.75) is 32.2 Å². The van der Waals surface area contributed by atoms with Gasteiger partial charge in [0.2, 0.25) is 10.0 Å². The fourth-order valence-electron chi connectivity index (χ4n) is 1.84. The molecule has 0 saturated heterocycles. The van der Waals surface area contributed by atoms with Gasteiger partial charge in [-0.2, -0.15) is 0 Å². The summed E-state index contributed by atoms with van der Waals surface area (Å²) < 4.78 is 38.2. The number of carbonyl (C=O) groups excluding carboxylic acids is 1. The summed E-state index contributed by atoms with van der Waals surface area (Å²) in [5, 5.41) is 2.63. The topological polar surface area (TPSA) is 101 Å². The molecule has 0 heterocycles. The summed E-state index contributed by atoms with van der Waals surface area (Å²) in [5.41, 5.74) is 5.49. The molecule has 6 nitrogen and oxygen atoms in total. The highest BCUT2D eigenvalue weighted by Crippen LogP contribution is 2.19.